The van der Waals surface area contributed by atoms with Crippen LogP contribution in [0.4, 0.5) is 4.79 Å². The van der Waals surface area contributed by atoms with Crippen LogP contribution in [0.2, 0.25) is 0 Å². The maximum Gasteiger partial charge on any atom is 0.321 e. The monoisotopic (exact) mass is 363 g/mol. The third-order valence-electron chi connectivity index (χ3n) is 3.19. The number of nitrogens with one attached hydrogen (secondary N) is 2. The van der Waals surface area contributed by atoms with Gasteiger partial charge in [0.1, 0.15) is 0 Å². The summed E-state index contributed by atoms with van der Waals surface area (Å²) in [7, 11) is 1.62. The highest BCUT2D eigenvalue weighted by Crippen LogP contribution is 2.23. The Morgan fingerprint density at radius 3 is 2.68 bits per heavy atom. The third-order valence-corrected chi connectivity index (χ3v) is 4.16. The SMILES string of the molecule is CCNC(=O)NC(=O)CSc1nnc(-c2ccccc2)n1CCOC. The van der Waals surface area contributed by atoms with Gasteiger partial charge in [0, 0.05) is 19.2 Å². The molecule has 0 aliphatic carbocycles. The summed E-state index contributed by atoms with van der Waals surface area (Å²) in [5, 5.41) is 13.8. The predicted octanol–water partition coefficient (Wildman–Crippen LogP) is 1.53. The number of benzene rings is 1. The summed E-state index contributed by atoms with van der Waals surface area (Å²) in [6.07, 6.45) is 0. The van der Waals surface area contributed by atoms with E-state index in [1.54, 1.807) is 14.0 Å². The number of nitrogens with zero attached hydrogens (tertiary/aromatic N) is 3. The van der Waals surface area contributed by atoms with Crippen LogP contribution in [0.15, 0.2) is 35.5 Å². The number of ether oxygens (including phenoxy) is 1. The van der Waals surface area contributed by atoms with Gasteiger partial charge in [-0.3, -0.25) is 14.7 Å². The van der Waals surface area contributed by atoms with Crippen LogP contribution < -0.4 is 10.6 Å². The molecule has 1 aromatic heterocycles. The maximum absolute atomic E-state index is 11.8. The molecule has 0 unspecified atom stereocenters. The minimum Gasteiger partial charge on any atom is -0.383 e. The molecule has 0 saturated heterocycles. The zero-order chi connectivity index (χ0) is 18.1. The number of carbonyl (C=O) groups is 2. The van der Waals surface area contributed by atoms with Crippen LogP contribution in [0.5, 0.6) is 0 Å². The minimum atomic E-state index is -0.501. The van der Waals surface area contributed by atoms with Crippen molar-refractivity contribution in [2.75, 3.05) is 26.0 Å². The van der Waals surface area contributed by atoms with E-state index in [0.29, 0.717) is 30.7 Å². The van der Waals surface area contributed by atoms with Crippen LogP contribution >= 0.6 is 11.8 Å². The highest BCUT2D eigenvalue weighted by atomic mass is 32.2. The summed E-state index contributed by atoms with van der Waals surface area (Å²) >= 11 is 1.22. The molecule has 2 N–H and O–H groups in total. The molecule has 0 spiro atoms. The van der Waals surface area contributed by atoms with Crippen molar-refractivity contribution >= 4 is 23.7 Å². The number of thioether (sulfide) groups is 1. The van der Waals surface area contributed by atoms with Crippen molar-refractivity contribution in [3.8, 4) is 11.4 Å². The molecule has 3 amide bonds. The van der Waals surface area contributed by atoms with E-state index in [1.165, 1.54) is 11.8 Å². The molecule has 8 nitrogen and oxygen atoms in total. The van der Waals surface area contributed by atoms with E-state index in [-0.39, 0.29) is 5.75 Å². The third kappa shape index (κ3) is 5.57. The average molecular weight is 363 g/mol. The van der Waals surface area contributed by atoms with Crippen LogP contribution in [0, 0.1) is 0 Å². The number of amides is 3. The van der Waals surface area contributed by atoms with Crippen LogP contribution in [-0.2, 0) is 16.1 Å². The number of rotatable bonds is 8. The van der Waals surface area contributed by atoms with E-state index in [4.69, 9.17) is 4.74 Å². The van der Waals surface area contributed by atoms with Gasteiger partial charge in [-0.05, 0) is 6.92 Å². The van der Waals surface area contributed by atoms with Crippen molar-refractivity contribution in [1.82, 2.24) is 25.4 Å². The number of hydrogen-bond donors (Lipinski definition) is 2. The second-order valence-corrected chi connectivity index (χ2v) is 5.96. The van der Waals surface area contributed by atoms with Gasteiger partial charge >= 0.3 is 6.03 Å². The lowest BCUT2D eigenvalue weighted by Crippen LogP contribution is -2.40. The van der Waals surface area contributed by atoms with Gasteiger partial charge in [-0.25, -0.2) is 4.79 Å². The first-order valence-electron chi connectivity index (χ1n) is 7.83. The second-order valence-electron chi connectivity index (χ2n) is 5.01. The van der Waals surface area contributed by atoms with Crippen molar-refractivity contribution in [2.45, 2.75) is 18.6 Å². The van der Waals surface area contributed by atoms with Crippen molar-refractivity contribution < 1.29 is 14.3 Å². The van der Waals surface area contributed by atoms with Gasteiger partial charge in [-0.15, -0.1) is 10.2 Å². The van der Waals surface area contributed by atoms with Crippen LogP contribution in [0.25, 0.3) is 11.4 Å². The number of aromatic nitrogens is 3. The first-order chi connectivity index (χ1) is 12.2. The molecule has 25 heavy (non-hydrogen) atoms. The summed E-state index contributed by atoms with van der Waals surface area (Å²) < 4.78 is 7.05. The lowest BCUT2D eigenvalue weighted by atomic mass is 10.2. The van der Waals surface area contributed by atoms with E-state index in [1.807, 2.05) is 34.9 Å². The second kappa shape index (κ2) is 9.80. The number of imide groups is 1. The molecule has 0 fully saturated rings. The summed E-state index contributed by atoms with van der Waals surface area (Å²) in [4.78, 5) is 23.2. The first kappa shape index (κ1) is 18.9. The van der Waals surface area contributed by atoms with Gasteiger partial charge in [0.15, 0.2) is 11.0 Å². The molecular formula is C16H21N5O3S. The molecule has 0 aliphatic rings. The van der Waals surface area contributed by atoms with Crippen molar-refractivity contribution in [1.29, 1.82) is 0 Å². The predicted molar refractivity (Wildman–Crippen MR) is 95.3 cm³/mol. The molecule has 1 heterocycles. The van der Waals surface area contributed by atoms with Crippen molar-refractivity contribution in [2.24, 2.45) is 0 Å². The summed E-state index contributed by atoms with van der Waals surface area (Å²) in [6, 6.07) is 9.18. The molecule has 0 bridgehead atoms. The zero-order valence-electron chi connectivity index (χ0n) is 14.2. The normalized spacial score (nSPS) is 10.5. The van der Waals surface area contributed by atoms with Gasteiger partial charge in [0.2, 0.25) is 5.91 Å². The average Bonchev–Trinajstić information content (AvgIpc) is 3.02. The Bertz CT molecular complexity index is 705. The molecule has 1 aromatic carbocycles. The quantitative estimate of drug-likeness (QED) is 0.690. The number of methoxy groups -OCH3 is 1. The fourth-order valence-electron chi connectivity index (χ4n) is 2.08. The Balaban J connectivity index is 2.08. The van der Waals surface area contributed by atoms with Gasteiger partial charge in [0.25, 0.3) is 0 Å². The molecule has 134 valence electrons. The molecule has 0 radical (unpaired) electrons. The Hall–Kier alpha value is -2.39. The number of carbonyl (C=O) groups excluding carboxylic acids is 2. The molecule has 0 saturated carbocycles. The highest BCUT2D eigenvalue weighted by molar-refractivity contribution is 7.99. The van der Waals surface area contributed by atoms with E-state index < -0.39 is 11.9 Å². The van der Waals surface area contributed by atoms with Gasteiger partial charge < -0.3 is 10.1 Å². The molecular weight excluding hydrogens is 342 g/mol. The van der Waals surface area contributed by atoms with E-state index in [9.17, 15) is 9.59 Å². The molecule has 9 heteroatoms. The van der Waals surface area contributed by atoms with Gasteiger partial charge in [0.05, 0.1) is 18.9 Å². The Morgan fingerprint density at radius 1 is 1.24 bits per heavy atom. The van der Waals surface area contributed by atoms with Gasteiger partial charge in [-0.1, -0.05) is 42.1 Å². The molecule has 0 aliphatic heterocycles. The highest BCUT2D eigenvalue weighted by Gasteiger charge is 2.16. The minimum absolute atomic E-state index is 0.0665. The Labute approximate surface area is 150 Å². The summed E-state index contributed by atoms with van der Waals surface area (Å²) in [5.41, 5.74) is 0.935. The van der Waals surface area contributed by atoms with E-state index >= 15 is 0 Å². The van der Waals surface area contributed by atoms with Crippen molar-refractivity contribution in [3.63, 3.8) is 0 Å². The van der Waals surface area contributed by atoms with Crippen molar-refractivity contribution in [3.05, 3.63) is 30.3 Å². The molecule has 2 aromatic rings. The first-order valence-corrected chi connectivity index (χ1v) is 8.82. The summed E-state index contributed by atoms with van der Waals surface area (Å²) in [5.74, 6) is 0.389. The van der Waals surface area contributed by atoms with Crippen LogP contribution in [0.3, 0.4) is 0 Å². The van der Waals surface area contributed by atoms with Crippen LogP contribution in [0.1, 0.15) is 6.92 Å². The lowest BCUT2D eigenvalue weighted by molar-refractivity contribution is -0.117. The largest absolute Gasteiger partial charge is 0.383 e. The fourth-order valence-corrected chi connectivity index (χ4v) is 2.84. The summed E-state index contributed by atoms with van der Waals surface area (Å²) in [6.45, 7) is 3.30. The lowest BCUT2D eigenvalue weighted by Gasteiger charge is -2.09. The fraction of sp³-hybridized carbons (Fsp3) is 0.375. The standard InChI is InChI=1S/C16H21N5O3S/c1-3-17-15(23)18-13(22)11-25-16-20-19-14(21(16)9-10-24-2)12-7-5-4-6-8-12/h4-8H,3,9-11H2,1-2H3,(H2,17,18,22,23). The number of urea groups is 1. The topological polar surface area (TPSA) is 98.1 Å². The molecule has 0 atom stereocenters. The van der Waals surface area contributed by atoms with E-state index in [0.717, 1.165) is 5.56 Å². The zero-order valence-corrected chi connectivity index (χ0v) is 15.0. The number of hydrogen-bond acceptors (Lipinski definition) is 6. The molecule has 2 rings (SSSR count). The van der Waals surface area contributed by atoms with Crippen LogP contribution in [-0.4, -0.2) is 52.7 Å². The van der Waals surface area contributed by atoms with E-state index in [2.05, 4.69) is 20.8 Å². The smallest absolute Gasteiger partial charge is 0.321 e. The Kier molecular flexibility index (Phi) is 7.42. The van der Waals surface area contributed by atoms with Gasteiger partial charge in [-0.2, -0.15) is 0 Å². The maximum atomic E-state index is 11.8. The Morgan fingerprint density at radius 2 is 2.00 bits per heavy atom.